The smallest absolute Gasteiger partial charge is 0.191 e. The van der Waals surface area contributed by atoms with Crippen molar-refractivity contribution in [2.45, 2.75) is 38.1 Å². The van der Waals surface area contributed by atoms with Crippen LogP contribution < -0.4 is 10.6 Å². The number of aliphatic imine (C=N–C) groups is 1. The van der Waals surface area contributed by atoms with Crippen molar-refractivity contribution in [3.05, 3.63) is 0 Å². The van der Waals surface area contributed by atoms with Crippen molar-refractivity contribution in [3.63, 3.8) is 0 Å². The predicted octanol–water partition coefficient (Wildman–Crippen LogP) is 1.61. The molecule has 24 heavy (non-hydrogen) atoms. The van der Waals surface area contributed by atoms with Crippen molar-refractivity contribution in [1.29, 1.82) is 0 Å². The Morgan fingerprint density at radius 3 is 2.29 bits per heavy atom. The number of likely N-dealkylation sites (N-methyl/N-ethyl adjacent to an activating group) is 2. The standard InChI is InChI=1S/C17H37N5O.HI/c1-18-17(19-10-13-21(2)12-7-15-23-4)20-11-14-22(3)16-8-5-6-9-16;/h16H,5-15H2,1-4H3,(H2,18,19,20);1H. The Labute approximate surface area is 165 Å². The molecule has 0 spiro atoms. The summed E-state index contributed by atoms with van der Waals surface area (Å²) >= 11 is 0. The highest BCUT2D eigenvalue weighted by atomic mass is 127. The van der Waals surface area contributed by atoms with Crippen LogP contribution in [0.25, 0.3) is 0 Å². The van der Waals surface area contributed by atoms with E-state index in [1.165, 1.54) is 25.7 Å². The number of hydrogen-bond donors (Lipinski definition) is 2. The minimum Gasteiger partial charge on any atom is -0.385 e. The van der Waals surface area contributed by atoms with E-state index >= 15 is 0 Å². The number of hydrogen-bond acceptors (Lipinski definition) is 4. The molecule has 7 heteroatoms. The van der Waals surface area contributed by atoms with Crippen LogP contribution in [0.3, 0.4) is 0 Å². The van der Waals surface area contributed by atoms with Gasteiger partial charge in [0.2, 0.25) is 0 Å². The Morgan fingerprint density at radius 2 is 1.71 bits per heavy atom. The normalized spacial score (nSPS) is 15.8. The number of methoxy groups -OCH3 is 1. The van der Waals surface area contributed by atoms with Crippen LogP contribution in [0.2, 0.25) is 0 Å². The molecule has 144 valence electrons. The van der Waals surface area contributed by atoms with Gasteiger partial charge in [-0.05, 0) is 33.4 Å². The highest BCUT2D eigenvalue weighted by Crippen LogP contribution is 2.21. The van der Waals surface area contributed by atoms with Gasteiger partial charge >= 0.3 is 0 Å². The van der Waals surface area contributed by atoms with E-state index in [0.29, 0.717) is 0 Å². The maximum atomic E-state index is 5.08. The highest BCUT2D eigenvalue weighted by Gasteiger charge is 2.18. The van der Waals surface area contributed by atoms with Crippen molar-refractivity contribution in [2.75, 3.05) is 67.6 Å². The first-order valence-electron chi connectivity index (χ1n) is 8.99. The summed E-state index contributed by atoms with van der Waals surface area (Å²) in [6.07, 6.45) is 6.58. The summed E-state index contributed by atoms with van der Waals surface area (Å²) in [5.41, 5.74) is 0. The van der Waals surface area contributed by atoms with Crippen LogP contribution >= 0.6 is 24.0 Å². The Kier molecular flexibility index (Phi) is 15.1. The zero-order valence-electron chi connectivity index (χ0n) is 16.0. The molecule has 0 aromatic rings. The molecular weight excluding hydrogens is 417 g/mol. The highest BCUT2D eigenvalue weighted by molar-refractivity contribution is 14.0. The summed E-state index contributed by atoms with van der Waals surface area (Å²) in [4.78, 5) is 9.09. The maximum Gasteiger partial charge on any atom is 0.191 e. The number of nitrogens with zero attached hydrogens (tertiary/aromatic N) is 3. The van der Waals surface area contributed by atoms with Crippen LogP contribution in [0, 0.1) is 0 Å². The summed E-state index contributed by atoms with van der Waals surface area (Å²) in [5, 5.41) is 6.79. The van der Waals surface area contributed by atoms with Crippen molar-refractivity contribution < 1.29 is 4.74 Å². The third-order valence-corrected chi connectivity index (χ3v) is 4.60. The lowest BCUT2D eigenvalue weighted by atomic mass is 10.2. The molecule has 0 aromatic carbocycles. The van der Waals surface area contributed by atoms with Gasteiger partial charge < -0.3 is 25.2 Å². The lowest BCUT2D eigenvalue weighted by molar-refractivity contribution is 0.180. The van der Waals surface area contributed by atoms with Gasteiger partial charge in [-0.2, -0.15) is 0 Å². The molecule has 1 aliphatic carbocycles. The minimum absolute atomic E-state index is 0. The Morgan fingerprint density at radius 1 is 1.08 bits per heavy atom. The first-order valence-corrected chi connectivity index (χ1v) is 8.99. The van der Waals surface area contributed by atoms with E-state index in [0.717, 1.165) is 57.8 Å². The first kappa shape index (κ1) is 23.9. The fraction of sp³-hybridized carbons (Fsp3) is 0.941. The molecule has 0 atom stereocenters. The molecule has 0 radical (unpaired) electrons. The van der Waals surface area contributed by atoms with E-state index in [-0.39, 0.29) is 24.0 Å². The van der Waals surface area contributed by atoms with Gasteiger partial charge in [-0.25, -0.2) is 0 Å². The van der Waals surface area contributed by atoms with E-state index in [1.54, 1.807) is 7.11 Å². The molecule has 0 saturated heterocycles. The second-order valence-corrected chi connectivity index (χ2v) is 6.49. The van der Waals surface area contributed by atoms with Gasteiger partial charge in [0.05, 0.1) is 0 Å². The second kappa shape index (κ2) is 15.2. The molecule has 1 rings (SSSR count). The third kappa shape index (κ3) is 10.7. The quantitative estimate of drug-likeness (QED) is 0.215. The maximum absolute atomic E-state index is 5.08. The molecule has 1 saturated carbocycles. The number of guanidine groups is 1. The number of rotatable bonds is 11. The molecule has 0 aromatic heterocycles. The van der Waals surface area contributed by atoms with Crippen LogP contribution in [-0.4, -0.2) is 89.4 Å². The SMILES string of the molecule is CN=C(NCCN(C)CCCOC)NCCN(C)C1CCCC1.I. The summed E-state index contributed by atoms with van der Waals surface area (Å²) in [7, 11) is 7.96. The zero-order valence-corrected chi connectivity index (χ0v) is 18.3. The number of halogens is 1. The van der Waals surface area contributed by atoms with Gasteiger partial charge in [0.15, 0.2) is 5.96 Å². The van der Waals surface area contributed by atoms with E-state index in [9.17, 15) is 0 Å². The molecule has 0 heterocycles. The molecule has 1 aliphatic rings. The molecular formula is C17H38IN5O. The predicted molar refractivity (Wildman–Crippen MR) is 114 cm³/mol. The Hall–Kier alpha value is -0.120. The lowest BCUT2D eigenvalue weighted by Crippen LogP contribution is -2.44. The Bertz CT molecular complexity index is 324. The topological polar surface area (TPSA) is 52.1 Å². The number of nitrogens with one attached hydrogen (secondary N) is 2. The molecule has 0 aliphatic heterocycles. The summed E-state index contributed by atoms with van der Waals surface area (Å²) in [6.45, 7) is 5.82. The van der Waals surface area contributed by atoms with Crippen LogP contribution in [0.4, 0.5) is 0 Å². The van der Waals surface area contributed by atoms with Gasteiger partial charge in [0.25, 0.3) is 0 Å². The van der Waals surface area contributed by atoms with Gasteiger partial charge in [0.1, 0.15) is 0 Å². The van der Waals surface area contributed by atoms with Crippen molar-refractivity contribution in [2.24, 2.45) is 4.99 Å². The second-order valence-electron chi connectivity index (χ2n) is 6.49. The fourth-order valence-electron chi connectivity index (χ4n) is 3.05. The van der Waals surface area contributed by atoms with E-state index < -0.39 is 0 Å². The average Bonchev–Trinajstić information content (AvgIpc) is 3.08. The largest absolute Gasteiger partial charge is 0.385 e. The zero-order chi connectivity index (χ0) is 16.9. The summed E-state index contributed by atoms with van der Waals surface area (Å²) < 4.78 is 5.08. The van der Waals surface area contributed by atoms with Crippen molar-refractivity contribution in [1.82, 2.24) is 20.4 Å². The monoisotopic (exact) mass is 455 g/mol. The van der Waals surface area contributed by atoms with Gasteiger partial charge in [-0.1, -0.05) is 12.8 Å². The minimum atomic E-state index is 0. The molecule has 2 N–H and O–H groups in total. The summed E-state index contributed by atoms with van der Waals surface area (Å²) in [6, 6.07) is 0.785. The molecule has 0 unspecified atom stereocenters. The van der Waals surface area contributed by atoms with Crippen LogP contribution in [0.5, 0.6) is 0 Å². The first-order chi connectivity index (χ1) is 11.2. The van der Waals surface area contributed by atoms with E-state index in [4.69, 9.17) is 4.74 Å². The fourth-order valence-corrected chi connectivity index (χ4v) is 3.05. The van der Waals surface area contributed by atoms with Crippen molar-refractivity contribution >= 4 is 29.9 Å². The van der Waals surface area contributed by atoms with Crippen LogP contribution in [-0.2, 0) is 4.74 Å². The van der Waals surface area contributed by atoms with E-state index in [2.05, 4.69) is 39.5 Å². The van der Waals surface area contributed by atoms with E-state index in [1.807, 2.05) is 7.05 Å². The van der Waals surface area contributed by atoms with Crippen LogP contribution in [0.15, 0.2) is 4.99 Å². The van der Waals surface area contributed by atoms with Gasteiger partial charge in [0, 0.05) is 59.5 Å². The third-order valence-electron chi connectivity index (χ3n) is 4.60. The van der Waals surface area contributed by atoms with Crippen LogP contribution in [0.1, 0.15) is 32.1 Å². The lowest BCUT2D eigenvalue weighted by Gasteiger charge is -2.24. The van der Waals surface area contributed by atoms with Gasteiger partial charge in [-0.3, -0.25) is 4.99 Å². The molecule has 0 amide bonds. The van der Waals surface area contributed by atoms with Crippen molar-refractivity contribution in [3.8, 4) is 0 Å². The molecule has 6 nitrogen and oxygen atoms in total. The number of ether oxygens (including phenoxy) is 1. The van der Waals surface area contributed by atoms with Gasteiger partial charge in [-0.15, -0.1) is 24.0 Å². The average molecular weight is 455 g/mol. The summed E-state index contributed by atoms with van der Waals surface area (Å²) in [5.74, 6) is 0.898. The molecule has 1 fully saturated rings. The Balaban J connectivity index is 0.00000529. The molecule has 0 bridgehead atoms.